The van der Waals surface area contributed by atoms with Crippen molar-refractivity contribution in [1.82, 2.24) is 0 Å². The molecule has 1 aromatic rings. The van der Waals surface area contributed by atoms with E-state index in [1.807, 2.05) is 6.07 Å². The number of ether oxygens (including phenoxy) is 1. The van der Waals surface area contributed by atoms with Crippen LogP contribution >= 0.6 is 0 Å². The molecule has 0 saturated carbocycles. The molecular formula is C10H10FNO. The minimum absolute atomic E-state index is 0.202. The molecule has 0 aliphatic heterocycles. The van der Waals surface area contributed by atoms with Gasteiger partial charge in [-0.1, -0.05) is 0 Å². The average Bonchev–Trinajstić information content (AvgIpc) is 2.11. The first-order chi connectivity index (χ1) is 6.19. The third-order valence-electron chi connectivity index (χ3n) is 1.86. The van der Waals surface area contributed by atoms with E-state index in [0.29, 0.717) is 16.9 Å². The highest BCUT2D eigenvalue weighted by Crippen LogP contribution is 2.22. The van der Waals surface area contributed by atoms with Crippen LogP contribution < -0.4 is 4.74 Å². The van der Waals surface area contributed by atoms with E-state index in [-0.39, 0.29) is 12.2 Å². The third kappa shape index (κ3) is 1.97. The Labute approximate surface area is 76.6 Å². The Bertz CT molecular complexity index is 355. The molecule has 0 heterocycles. The molecule has 1 rings (SSSR count). The number of nitriles is 1. The standard InChI is InChI=1S/C10H10FNO/c1-7-9(11)5-8(3-4-12)6-10(7)13-2/h5-6H,3H2,1-2H3. The van der Waals surface area contributed by atoms with Gasteiger partial charge in [0, 0.05) is 5.56 Å². The van der Waals surface area contributed by atoms with Crippen LogP contribution in [-0.2, 0) is 6.42 Å². The van der Waals surface area contributed by atoms with Crippen molar-refractivity contribution in [2.75, 3.05) is 7.11 Å². The average molecular weight is 179 g/mol. The summed E-state index contributed by atoms with van der Waals surface area (Å²) < 4.78 is 18.1. The first-order valence-electron chi connectivity index (χ1n) is 3.89. The Morgan fingerprint density at radius 3 is 2.77 bits per heavy atom. The summed E-state index contributed by atoms with van der Waals surface area (Å²) in [4.78, 5) is 0. The molecule has 0 N–H and O–H groups in total. The summed E-state index contributed by atoms with van der Waals surface area (Å²) in [5, 5.41) is 8.43. The zero-order valence-electron chi connectivity index (χ0n) is 7.60. The fourth-order valence-electron chi connectivity index (χ4n) is 1.11. The molecule has 3 heteroatoms. The number of methoxy groups -OCH3 is 1. The summed E-state index contributed by atoms with van der Waals surface area (Å²) in [5.41, 5.74) is 1.12. The number of rotatable bonds is 2. The van der Waals surface area contributed by atoms with E-state index in [2.05, 4.69) is 0 Å². The molecule has 0 aliphatic carbocycles. The van der Waals surface area contributed by atoms with Gasteiger partial charge in [0.1, 0.15) is 11.6 Å². The van der Waals surface area contributed by atoms with Gasteiger partial charge in [-0.3, -0.25) is 0 Å². The lowest BCUT2D eigenvalue weighted by molar-refractivity contribution is 0.406. The van der Waals surface area contributed by atoms with Crippen molar-refractivity contribution in [2.24, 2.45) is 0 Å². The van der Waals surface area contributed by atoms with Gasteiger partial charge in [0.25, 0.3) is 0 Å². The van der Waals surface area contributed by atoms with E-state index in [4.69, 9.17) is 10.00 Å². The number of benzene rings is 1. The summed E-state index contributed by atoms with van der Waals surface area (Å²) >= 11 is 0. The van der Waals surface area contributed by atoms with E-state index < -0.39 is 0 Å². The molecule has 13 heavy (non-hydrogen) atoms. The monoisotopic (exact) mass is 179 g/mol. The van der Waals surface area contributed by atoms with Gasteiger partial charge in [-0.25, -0.2) is 4.39 Å². The van der Waals surface area contributed by atoms with E-state index in [9.17, 15) is 4.39 Å². The second kappa shape index (κ2) is 3.90. The lowest BCUT2D eigenvalue weighted by Crippen LogP contribution is -1.94. The molecule has 1 aromatic carbocycles. The molecule has 0 bridgehead atoms. The lowest BCUT2D eigenvalue weighted by Gasteiger charge is -2.06. The predicted molar refractivity (Wildman–Crippen MR) is 47.0 cm³/mol. The molecule has 0 spiro atoms. The molecule has 0 atom stereocenters. The van der Waals surface area contributed by atoms with E-state index in [0.717, 1.165) is 0 Å². The summed E-state index contributed by atoms with van der Waals surface area (Å²) in [6.07, 6.45) is 0.202. The molecule has 0 radical (unpaired) electrons. The van der Waals surface area contributed by atoms with Gasteiger partial charge >= 0.3 is 0 Å². The molecule has 0 aromatic heterocycles. The van der Waals surface area contributed by atoms with Crippen molar-refractivity contribution in [3.63, 3.8) is 0 Å². The van der Waals surface area contributed by atoms with Gasteiger partial charge < -0.3 is 4.74 Å². The van der Waals surface area contributed by atoms with Gasteiger partial charge in [-0.05, 0) is 24.6 Å². The van der Waals surface area contributed by atoms with Crippen molar-refractivity contribution in [3.05, 3.63) is 29.1 Å². The lowest BCUT2D eigenvalue weighted by atomic mass is 10.1. The number of halogens is 1. The first kappa shape index (κ1) is 9.53. The van der Waals surface area contributed by atoms with Crippen LogP contribution in [0.15, 0.2) is 12.1 Å². The molecule has 0 aliphatic rings. The molecule has 68 valence electrons. The molecular weight excluding hydrogens is 169 g/mol. The van der Waals surface area contributed by atoms with Crippen LogP contribution in [0.2, 0.25) is 0 Å². The Kier molecular flexibility index (Phi) is 2.86. The summed E-state index contributed by atoms with van der Waals surface area (Å²) in [5.74, 6) is 0.162. The van der Waals surface area contributed by atoms with Crippen LogP contribution in [-0.4, -0.2) is 7.11 Å². The summed E-state index contributed by atoms with van der Waals surface area (Å²) in [6.45, 7) is 1.64. The highest BCUT2D eigenvalue weighted by atomic mass is 19.1. The summed E-state index contributed by atoms with van der Waals surface area (Å²) in [7, 11) is 1.48. The normalized spacial score (nSPS) is 9.38. The van der Waals surface area contributed by atoms with Crippen molar-refractivity contribution in [3.8, 4) is 11.8 Å². The van der Waals surface area contributed by atoms with Crippen molar-refractivity contribution < 1.29 is 9.13 Å². The van der Waals surface area contributed by atoms with E-state index in [1.54, 1.807) is 13.0 Å². The second-order valence-electron chi connectivity index (χ2n) is 2.74. The van der Waals surface area contributed by atoms with Crippen molar-refractivity contribution >= 4 is 0 Å². The first-order valence-corrected chi connectivity index (χ1v) is 3.89. The Morgan fingerprint density at radius 1 is 1.54 bits per heavy atom. The van der Waals surface area contributed by atoms with Gasteiger partial charge in [-0.2, -0.15) is 5.26 Å². The summed E-state index contributed by atoms with van der Waals surface area (Å²) in [6, 6.07) is 5.00. The van der Waals surface area contributed by atoms with E-state index >= 15 is 0 Å². The van der Waals surface area contributed by atoms with Gasteiger partial charge in [0.05, 0.1) is 19.6 Å². The maximum Gasteiger partial charge on any atom is 0.130 e. The number of hydrogen-bond donors (Lipinski definition) is 0. The van der Waals surface area contributed by atoms with Crippen LogP contribution in [0.4, 0.5) is 4.39 Å². The van der Waals surface area contributed by atoms with Gasteiger partial charge in [0.15, 0.2) is 0 Å². The van der Waals surface area contributed by atoms with Crippen LogP contribution in [0, 0.1) is 24.1 Å². The van der Waals surface area contributed by atoms with Crippen molar-refractivity contribution in [2.45, 2.75) is 13.3 Å². The van der Waals surface area contributed by atoms with Crippen molar-refractivity contribution in [1.29, 1.82) is 5.26 Å². The Hall–Kier alpha value is -1.56. The third-order valence-corrected chi connectivity index (χ3v) is 1.86. The van der Waals surface area contributed by atoms with Crippen LogP contribution in [0.3, 0.4) is 0 Å². The fraction of sp³-hybridized carbons (Fsp3) is 0.300. The van der Waals surface area contributed by atoms with E-state index in [1.165, 1.54) is 13.2 Å². The predicted octanol–water partition coefficient (Wildman–Crippen LogP) is 2.21. The van der Waals surface area contributed by atoms with Crippen LogP contribution in [0.5, 0.6) is 5.75 Å². The second-order valence-corrected chi connectivity index (χ2v) is 2.74. The Morgan fingerprint density at radius 2 is 2.23 bits per heavy atom. The molecule has 0 saturated heterocycles. The molecule has 2 nitrogen and oxygen atoms in total. The highest BCUT2D eigenvalue weighted by Gasteiger charge is 2.06. The molecule has 0 unspecified atom stereocenters. The Balaban J connectivity index is 3.16. The fourth-order valence-corrected chi connectivity index (χ4v) is 1.11. The zero-order chi connectivity index (χ0) is 9.84. The highest BCUT2D eigenvalue weighted by molar-refractivity contribution is 5.38. The molecule has 0 amide bonds. The SMILES string of the molecule is COc1cc(CC#N)cc(F)c1C. The quantitative estimate of drug-likeness (QED) is 0.697. The van der Waals surface area contributed by atoms with Crippen LogP contribution in [0.25, 0.3) is 0 Å². The maximum atomic E-state index is 13.2. The largest absolute Gasteiger partial charge is 0.496 e. The smallest absolute Gasteiger partial charge is 0.130 e. The number of nitrogens with zero attached hydrogens (tertiary/aromatic N) is 1. The van der Waals surface area contributed by atoms with Gasteiger partial charge in [-0.15, -0.1) is 0 Å². The number of hydrogen-bond acceptors (Lipinski definition) is 2. The van der Waals surface area contributed by atoms with Gasteiger partial charge in [0.2, 0.25) is 0 Å². The minimum atomic E-state index is -0.329. The zero-order valence-corrected chi connectivity index (χ0v) is 7.60. The molecule has 0 fully saturated rings. The maximum absolute atomic E-state index is 13.2. The topological polar surface area (TPSA) is 33.0 Å². The minimum Gasteiger partial charge on any atom is -0.496 e. The van der Waals surface area contributed by atoms with Crippen LogP contribution in [0.1, 0.15) is 11.1 Å².